The van der Waals surface area contributed by atoms with Gasteiger partial charge < -0.3 is 5.11 Å². The van der Waals surface area contributed by atoms with Crippen LogP contribution in [0, 0.1) is 24.7 Å². The van der Waals surface area contributed by atoms with E-state index in [0.29, 0.717) is 21.8 Å². The summed E-state index contributed by atoms with van der Waals surface area (Å²) in [7, 11) is 0. The number of aromatic hydroxyl groups is 1. The summed E-state index contributed by atoms with van der Waals surface area (Å²) in [4.78, 5) is 53.3. The molecule has 0 bridgehead atoms. The van der Waals surface area contributed by atoms with Gasteiger partial charge in [-0.1, -0.05) is 57.4 Å². The summed E-state index contributed by atoms with van der Waals surface area (Å²) in [5.74, 6) is -5.17. The number of rotatable bonds is 3. The Kier molecular flexibility index (Phi) is 6.23. The molecule has 11 heteroatoms. The van der Waals surface area contributed by atoms with Gasteiger partial charge in [-0.3, -0.25) is 24.1 Å². The van der Waals surface area contributed by atoms with Crippen molar-refractivity contribution in [3.8, 4) is 5.75 Å². The largest absolute Gasteiger partial charge is 0.508 e. The summed E-state index contributed by atoms with van der Waals surface area (Å²) in [6.07, 6.45) is 2.00. The lowest BCUT2D eigenvalue weighted by molar-refractivity contribution is -0.138. The molecule has 0 aromatic heterocycles. The van der Waals surface area contributed by atoms with Crippen LogP contribution in [0.4, 0.5) is 5.69 Å². The third-order valence-corrected chi connectivity index (χ3v) is 11.0. The molecule has 39 heavy (non-hydrogen) atoms. The van der Waals surface area contributed by atoms with Gasteiger partial charge >= 0.3 is 0 Å². The first-order valence-corrected chi connectivity index (χ1v) is 14.6. The van der Waals surface area contributed by atoms with E-state index < -0.39 is 51.1 Å². The predicted molar refractivity (Wildman–Crippen MR) is 150 cm³/mol. The molecule has 0 radical (unpaired) electrons. The number of anilines is 1. The van der Waals surface area contributed by atoms with Crippen LogP contribution < -0.4 is 4.90 Å². The van der Waals surface area contributed by atoms with Gasteiger partial charge in [0.15, 0.2) is 9.75 Å². The Balaban J connectivity index is 1.51. The van der Waals surface area contributed by atoms with E-state index in [1.807, 2.05) is 13.0 Å². The summed E-state index contributed by atoms with van der Waals surface area (Å²) in [6, 6.07) is 11.3. The number of imide groups is 2. The van der Waals surface area contributed by atoms with Crippen LogP contribution in [0.1, 0.15) is 29.9 Å². The van der Waals surface area contributed by atoms with Crippen LogP contribution in [0.3, 0.4) is 0 Å². The van der Waals surface area contributed by atoms with Crippen LogP contribution in [-0.2, 0) is 19.2 Å². The first-order valence-electron chi connectivity index (χ1n) is 12.4. The number of carbonyl (C=O) groups is 4. The molecule has 1 N–H and O–H groups in total. The van der Waals surface area contributed by atoms with Crippen LogP contribution in [0.5, 0.6) is 5.75 Å². The fraction of sp³-hybridized carbons (Fsp3) is 0.357. The number of allylic oxidation sites excluding steroid dienone is 2. The molecule has 2 aliphatic carbocycles. The maximum atomic E-state index is 14.0. The van der Waals surface area contributed by atoms with Crippen molar-refractivity contribution < 1.29 is 24.3 Å². The number of nitrogens with zero attached hydrogens (tertiary/aromatic N) is 2. The zero-order valence-corrected chi connectivity index (χ0v) is 24.4. The molecule has 2 saturated heterocycles. The van der Waals surface area contributed by atoms with Crippen LogP contribution in [0.15, 0.2) is 54.1 Å². The molecular formula is C28H22BrCl3N2O5. The molecule has 0 unspecified atom stereocenters. The molecule has 6 rings (SSSR count). The molecule has 0 spiro atoms. The standard InChI is InChI=1S/C28H22BrCl3N2O5/c1-13-5-6-15(10-20(13)30)34-23(36)18-8-7-17-19(21(18)24(34)37)11-27(31)25(38)33(12-29)26(39)28(27,32)22(17)14-3-2-4-16(35)9-14/h2-7,9-10,18-19,21-22,35H,8,11-12H2,1H3/t18-,19+,21-,22-,27+,28-/m0/s1. The summed E-state index contributed by atoms with van der Waals surface area (Å²) in [6.45, 7) is 1.83. The average Bonchev–Trinajstić information content (AvgIpc) is 3.23. The number of amides is 4. The second-order valence-electron chi connectivity index (χ2n) is 10.5. The van der Waals surface area contributed by atoms with E-state index in [9.17, 15) is 24.3 Å². The Hall–Kier alpha value is -2.39. The van der Waals surface area contributed by atoms with E-state index in [1.54, 1.807) is 30.3 Å². The number of carbonyl (C=O) groups excluding carboxylic acids is 4. The maximum Gasteiger partial charge on any atom is 0.254 e. The van der Waals surface area contributed by atoms with Crippen molar-refractivity contribution in [3.05, 3.63) is 70.3 Å². The topological polar surface area (TPSA) is 95.0 Å². The molecule has 3 fully saturated rings. The summed E-state index contributed by atoms with van der Waals surface area (Å²) in [5.41, 5.74) is 2.24. The molecule has 4 amide bonds. The number of aryl methyl sites for hydroxylation is 1. The Morgan fingerprint density at radius 3 is 2.44 bits per heavy atom. The lowest BCUT2D eigenvalue weighted by atomic mass is 9.56. The van der Waals surface area contributed by atoms with Crippen molar-refractivity contribution in [2.45, 2.75) is 35.4 Å². The Bertz CT molecular complexity index is 1510. The highest BCUT2D eigenvalue weighted by Gasteiger charge is 2.76. The number of phenols is 1. The number of benzene rings is 2. The number of alkyl halides is 3. The summed E-state index contributed by atoms with van der Waals surface area (Å²) < 4.78 is 0. The molecular weight excluding hydrogens is 631 g/mol. The van der Waals surface area contributed by atoms with Crippen molar-refractivity contribution >= 4 is 80.0 Å². The Morgan fingerprint density at radius 2 is 1.77 bits per heavy atom. The highest BCUT2D eigenvalue weighted by Crippen LogP contribution is 2.65. The fourth-order valence-corrected chi connectivity index (χ4v) is 8.41. The molecule has 1 saturated carbocycles. The van der Waals surface area contributed by atoms with Crippen molar-refractivity contribution in [1.82, 2.24) is 4.90 Å². The van der Waals surface area contributed by atoms with Crippen LogP contribution in [-0.4, -0.2) is 48.8 Å². The fourth-order valence-electron chi connectivity index (χ4n) is 6.81. The number of hydrogen-bond donors (Lipinski definition) is 1. The lowest BCUT2D eigenvalue weighted by Crippen LogP contribution is -2.60. The summed E-state index contributed by atoms with van der Waals surface area (Å²) in [5, 5.41) is 10.7. The Morgan fingerprint density at radius 1 is 1.03 bits per heavy atom. The van der Waals surface area contributed by atoms with Gasteiger partial charge in [0, 0.05) is 10.9 Å². The van der Waals surface area contributed by atoms with E-state index >= 15 is 0 Å². The Labute approximate surface area is 247 Å². The van der Waals surface area contributed by atoms with Gasteiger partial charge in [0.1, 0.15) is 5.75 Å². The minimum atomic E-state index is -1.90. The van der Waals surface area contributed by atoms with Gasteiger partial charge in [-0.15, -0.1) is 23.2 Å². The zero-order chi connectivity index (χ0) is 28.0. The van der Waals surface area contributed by atoms with Crippen molar-refractivity contribution in [3.63, 3.8) is 0 Å². The smallest absolute Gasteiger partial charge is 0.254 e. The van der Waals surface area contributed by atoms with Gasteiger partial charge in [-0.25, -0.2) is 4.90 Å². The molecule has 7 nitrogen and oxygen atoms in total. The third-order valence-electron chi connectivity index (χ3n) is 8.63. The molecule has 2 aliphatic heterocycles. The SMILES string of the molecule is Cc1ccc(N2C(=O)[C@H]3[C@H](CC=C4[C@H]3C[C@@]3(Cl)C(=O)N(CBr)C(=O)[C@@]3(Cl)[C@H]4c3cccc(O)c3)C2=O)cc1Cl. The van der Waals surface area contributed by atoms with Gasteiger partial charge in [0.2, 0.25) is 11.8 Å². The highest BCUT2D eigenvalue weighted by molar-refractivity contribution is 9.09. The van der Waals surface area contributed by atoms with E-state index in [2.05, 4.69) is 15.9 Å². The van der Waals surface area contributed by atoms with Gasteiger partial charge in [0.25, 0.3) is 11.8 Å². The second kappa shape index (κ2) is 9.06. The molecule has 2 aromatic rings. The number of hydrogen-bond acceptors (Lipinski definition) is 5. The molecule has 4 aliphatic rings. The van der Waals surface area contributed by atoms with E-state index in [-0.39, 0.29) is 30.0 Å². The average molecular weight is 653 g/mol. The van der Waals surface area contributed by atoms with E-state index in [1.165, 1.54) is 12.1 Å². The molecule has 2 heterocycles. The first kappa shape index (κ1) is 26.8. The minimum absolute atomic E-state index is 0.0481. The number of likely N-dealkylation sites (tertiary alicyclic amines) is 1. The number of halogens is 4. The van der Waals surface area contributed by atoms with Crippen LogP contribution in [0.2, 0.25) is 5.02 Å². The maximum absolute atomic E-state index is 14.0. The minimum Gasteiger partial charge on any atom is -0.508 e. The normalized spacial score (nSPS) is 33.7. The third kappa shape index (κ3) is 3.47. The van der Waals surface area contributed by atoms with Crippen LogP contribution >= 0.6 is 50.7 Å². The second-order valence-corrected chi connectivity index (χ2v) is 12.7. The summed E-state index contributed by atoms with van der Waals surface area (Å²) >= 11 is 23.8. The molecule has 6 atom stereocenters. The predicted octanol–water partition coefficient (Wildman–Crippen LogP) is 5.27. The highest BCUT2D eigenvalue weighted by atomic mass is 79.9. The van der Waals surface area contributed by atoms with E-state index in [0.717, 1.165) is 15.4 Å². The monoisotopic (exact) mass is 650 g/mol. The van der Waals surface area contributed by atoms with Crippen molar-refractivity contribution in [2.24, 2.45) is 17.8 Å². The molecule has 2 aromatic carbocycles. The zero-order valence-electron chi connectivity index (χ0n) is 20.5. The van der Waals surface area contributed by atoms with Crippen LogP contribution in [0.25, 0.3) is 0 Å². The molecule has 202 valence electrons. The van der Waals surface area contributed by atoms with Gasteiger partial charge in [-0.05, 0) is 61.1 Å². The number of phenolic OH excluding ortho intramolecular Hbond substituents is 1. The van der Waals surface area contributed by atoms with Crippen molar-refractivity contribution in [1.29, 1.82) is 0 Å². The van der Waals surface area contributed by atoms with Crippen molar-refractivity contribution in [2.75, 3.05) is 10.4 Å². The van der Waals surface area contributed by atoms with Gasteiger partial charge in [0.05, 0.1) is 23.0 Å². The van der Waals surface area contributed by atoms with Gasteiger partial charge in [-0.2, -0.15) is 0 Å². The van der Waals surface area contributed by atoms with E-state index in [4.69, 9.17) is 34.8 Å². The lowest BCUT2D eigenvalue weighted by Gasteiger charge is -2.50. The first-order chi connectivity index (χ1) is 18.5. The quantitative estimate of drug-likeness (QED) is 0.211. The number of fused-ring (bicyclic) bond motifs is 4.